The van der Waals surface area contributed by atoms with Crippen LogP contribution in [-0.4, -0.2) is 52.0 Å². The Morgan fingerprint density at radius 3 is 2.95 bits per heavy atom. The molecule has 5 heteroatoms. The van der Waals surface area contributed by atoms with Crippen LogP contribution in [0, 0.1) is 5.92 Å². The monoisotopic (exact) mass is 259 g/mol. The van der Waals surface area contributed by atoms with Gasteiger partial charge in [0.1, 0.15) is 5.52 Å². The van der Waals surface area contributed by atoms with Gasteiger partial charge < -0.3 is 9.30 Å². The maximum absolute atomic E-state index is 4.57. The van der Waals surface area contributed by atoms with Crippen LogP contribution in [0.4, 0.5) is 5.82 Å². The van der Waals surface area contributed by atoms with Crippen molar-refractivity contribution in [3.63, 3.8) is 0 Å². The molecular weight excluding hydrogens is 238 g/mol. The molecule has 0 bridgehead atoms. The molecule has 0 aliphatic carbocycles. The zero-order valence-electron chi connectivity index (χ0n) is 11.8. The first-order valence-electron chi connectivity index (χ1n) is 6.88. The summed E-state index contributed by atoms with van der Waals surface area (Å²) >= 11 is 0. The second-order valence-electron chi connectivity index (χ2n) is 5.67. The third-order valence-electron chi connectivity index (χ3n) is 4.08. The van der Waals surface area contributed by atoms with Crippen molar-refractivity contribution < 1.29 is 0 Å². The highest BCUT2D eigenvalue weighted by Gasteiger charge is 2.28. The molecule has 1 fully saturated rings. The van der Waals surface area contributed by atoms with Crippen LogP contribution in [0.15, 0.2) is 24.9 Å². The average Bonchev–Trinajstić information content (AvgIpc) is 2.87. The van der Waals surface area contributed by atoms with Crippen LogP contribution < -0.4 is 4.90 Å². The fourth-order valence-electron chi connectivity index (χ4n) is 2.90. The minimum atomic E-state index is 0.582. The molecule has 0 radical (unpaired) electrons. The SMILES string of the molecule is CC(C)[C@H]1CN(c2nccn3cncc23)CCN1C. The van der Waals surface area contributed by atoms with E-state index in [1.54, 1.807) is 0 Å². The summed E-state index contributed by atoms with van der Waals surface area (Å²) in [6, 6.07) is 0.582. The maximum atomic E-state index is 4.57. The van der Waals surface area contributed by atoms with Crippen molar-refractivity contribution in [2.45, 2.75) is 19.9 Å². The van der Waals surface area contributed by atoms with Gasteiger partial charge in [-0.25, -0.2) is 9.97 Å². The molecule has 1 aliphatic heterocycles. The molecule has 3 rings (SSSR count). The number of fused-ring (bicyclic) bond motifs is 1. The molecule has 2 aromatic rings. The molecule has 2 aromatic heterocycles. The summed E-state index contributed by atoms with van der Waals surface area (Å²) in [4.78, 5) is 13.6. The third-order valence-corrected chi connectivity index (χ3v) is 4.08. The van der Waals surface area contributed by atoms with Crippen molar-refractivity contribution in [2.75, 3.05) is 31.6 Å². The van der Waals surface area contributed by atoms with Gasteiger partial charge in [0.05, 0.1) is 12.5 Å². The fraction of sp³-hybridized carbons (Fsp3) is 0.571. The number of hydrogen-bond donors (Lipinski definition) is 0. The largest absolute Gasteiger partial charge is 0.352 e. The molecule has 0 saturated carbocycles. The summed E-state index contributed by atoms with van der Waals surface area (Å²) in [5.41, 5.74) is 1.09. The van der Waals surface area contributed by atoms with E-state index in [2.05, 4.69) is 40.7 Å². The number of likely N-dealkylation sites (N-methyl/N-ethyl adjacent to an activating group) is 1. The standard InChI is InChI=1S/C14H21N5/c1-11(2)13-9-18(7-6-17(13)3)14-12-8-15-10-19(12)5-4-16-14/h4-5,8,10-11,13H,6-7,9H2,1-3H3/t13-/m1/s1. The Labute approximate surface area is 113 Å². The lowest BCUT2D eigenvalue weighted by Crippen LogP contribution is -2.53. The molecular formula is C14H21N5. The number of hydrogen-bond acceptors (Lipinski definition) is 4. The van der Waals surface area contributed by atoms with Gasteiger partial charge in [0.25, 0.3) is 0 Å². The fourth-order valence-corrected chi connectivity index (χ4v) is 2.90. The van der Waals surface area contributed by atoms with Gasteiger partial charge in [-0.3, -0.25) is 4.90 Å². The van der Waals surface area contributed by atoms with E-state index in [4.69, 9.17) is 0 Å². The van der Waals surface area contributed by atoms with Crippen molar-refractivity contribution >= 4 is 11.3 Å². The highest BCUT2D eigenvalue weighted by Crippen LogP contribution is 2.23. The van der Waals surface area contributed by atoms with E-state index in [1.165, 1.54) is 0 Å². The van der Waals surface area contributed by atoms with Gasteiger partial charge in [-0.05, 0) is 13.0 Å². The first-order valence-corrected chi connectivity index (χ1v) is 6.88. The second-order valence-corrected chi connectivity index (χ2v) is 5.67. The Morgan fingerprint density at radius 1 is 1.32 bits per heavy atom. The Hall–Kier alpha value is -1.62. The van der Waals surface area contributed by atoms with Gasteiger partial charge in [0, 0.05) is 38.1 Å². The van der Waals surface area contributed by atoms with E-state index in [9.17, 15) is 0 Å². The molecule has 19 heavy (non-hydrogen) atoms. The lowest BCUT2D eigenvalue weighted by atomic mass is 10.0. The summed E-state index contributed by atoms with van der Waals surface area (Å²) in [7, 11) is 2.22. The molecule has 0 aromatic carbocycles. The zero-order valence-corrected chi connectivity index (χ0v) is 11.8. The van der Waals surface area contributed by atoms with Crippen LogP contribution in [0.5, 0.6) is 0 Å². The van der Waals surface area contributed by atoms with Crippen LogP contribution >= 0.6 is 0 Å². The van der Waals surface area contributed by atoms with Crippen LogP contribution in [0.2, 0.25) is 0 Å². The Balaban J connectivity index is 1.92. The van der Waals surface area contributed by atoms with Crippen LogP contribution in [0.3, 0.4) is 0 Å². The third kappa shape index (κ3) is 2.18. The summed E-state index contributed by atoms with van der Waals surface area (Å²) in [6.45, 7) is 7.72. The molecule has 1 aliphatic rings. The first-order chi connectivity index (χ1) is 9.16. The predicted octanol–water partition coefficient (Wildman–Crippen LogP) is 1.51. The highest BCUT2D eigenvalue weighted by molar-refractivity contribution is 5.68. The van der Waals surface area contributed by atoms with Gasteiger partial charge in [-0.2, -0.15) is 0 Å². The second kappa shape index (κ2) is 4.81. The van der Waals surface area contributed by atoms with E-state index in [1.807, 2.05) is 29.3 Å². The summed E-state index contributed by atoms with van der Waals surface area (Å²) in [5, 5.41) is 0. The summed E-state index contributed by atoms with van der Waals surface area (Å²) in [5.74, 6) is 1.70. The predicted molar refractivity (Wildman–Crippen MR) is 76.5 cm³/mol. The number of rotatable bonds is 2. The van der Waals surface area contributed by atoms with Crippen molar-refractivity contribution in [3.8, 4) is 0 Å². The van der Waals surface area contributed by atoms with Gasteiger partial charge in [0.15, 0.2) is 5.82 Å². The molecule has 1 saturated heterocycles. The van der Waals surface area contributed by atoms with E-state index in [-0.39, 0.29) is 0 Å². The van der Waals surface area contributed by atoms with Gasteiger partial charge in [-0.15, -0.1) is 0 Å². The van der Waals surface area contributed by atoms with Crippen molar-refractivity contribution in [3.05, 3.63) is 24.9 Å². The number of imidazole rings is 1. The summed E-state index contributed by atoms with van der Waals surface area (Å²) < 4.78 is 2.03. The summed E-state index contributed by atoms with van der Waals surface area (Å²) in [6.07, 6.45) is 7.52. The zero-order chi connectivity index (χ0) is 13.4. The van der Waals surface area contributed by atoms with Crippen LogP contribution in [0.1, 0.15) is 13.8 Å². The van der Waals surface area contributed by atoms with Crippen molar-refractivity contribution in [1.82, 2.24) is 19.3 Å². The minimum absolute atomic E-state index is 0.582. The van der Waals surface area contributed by atoms with E-state index < -0.39 is 0 Å². The normalized spacial score (nSPS) is 21.5. The van der Waals surface area contributed by atoms with Crippen LogP contribution in [-0.2, 0) is 0 Å². The molecule has 0 N–H and O–H groups in total. The van der Waals surface area contributed by atoms with Gasteiger partial charge in [0.2, 0.25) is 0 Å². The van der Waals surface area contributed by atoms with Crippen LogP contribution in [0.25, 0.3) is 5.52 Å². The molecule has 1 atom stereocenters. The van der Waals surface area contributed by atoms with E-state index >= 15 is 0 Å². The first kappa shape index (κ1) is 12.4. The van der Waals surface area contributed by atoms with Crippen molar-refractivity contribution in [2.24, 2.45) is 5.92 Å². The van der Waals surface area contributed by atoms with E-state index in [0.717, 1.165) is 31.0 Å². The highest BCUT2D eigenvalue weighted by atomic mass is 15.3. The topological polar surface area (TPSA) is 36.7 Å². The average molecular weight is 259 g/mol. The Kier molecular flexibility index (Phi) is 3.14. The Morgan fingerprint density at radius 2 is 2.16 bits per heavy atom. The molecule has 102 valence electrons. The lowest BCUT2D eigenvalue weighted by molar-refractivity contribution is 0.173. The molecule has 0 amide bonds. The minimum Gasteiger partial charge on any atom is -0.352 e. The molecule has 5 nitrogen and oxygen atoms in total. The lowest BCUT2D eigenvalue weighted by Gasteiger charge is -2.42. The molecule has 0 unspecified atom stereocenters. The quantitative estimate of drug-likeness (QED) is 0.819. The number of anilines is 1. The smallest absolute Gasteiger partial charge is 0.154 e. The maximum Gasteiger partial charge on any atom is 0.154 e. The Bertz CT molecular complexity index is 562. The molecule has 3 heterocycles. The van der Waals surface area contributed by atoms with Gasteiger partial charge in [-0.1, -0.05) is 13.8 Å². The van der Waals surface area contributed by atoms with Crippen molar-refractivity contribution in [1.29, 1.82) is 0 Å². The number of nitrogens with zero attached hydrogens (tertiary/aromatic N) is 5. The van der Waals surface area contributed by atoms with E-state index in [0.29, 0.717) is 12.0 Å². The number of piperazine rings is 1. The molecule has 0 spiro atoms. The number of aromatic nitrogens is 3. The van der Waals surface area contributed by atoms with Gasteiger partial charge >= 0.3 is 0 Å².